The Morgan fingerprint density at radius 3 is 2.72 bits per heavy atom. The third-order valence-corrected chi connectivity index (χ3v) is 5.21. The number of nitrogens with zero attached hydrogens (tertiary/aromatic N) is 3. The summed E-state index contributed by atoms with van der Waals surface area (Å²) in [6.45, 7) is 12.5. The van der Waals surface area contributed by atoms with Gasteiger partial charge in [0.1, 0.15) is 11.9 Å². The molecule has 2 aromatic rings. The molecule has 0 amide bonds. The Kier molecular flexibility index (Phi) is 5.79. The minimum Gasteiger partial charge on any atom is -0.489 e. The first-order valence-electron chi connectivity index (χ1n) is 9.62. The lowest BCUT2D eigenvalue weighted by Gasteiger charge is -2.24. The highest BCUT2D eigenvalue weighted by molar-refractivity contribution is 5.34. The van der Waals surface area contributed by atoms with E-state index < -0.39 is 0 Å². The molecule has 0 aliphatic carbocycles. The second kappa shape index (κ2) is 8.05. The molecule has 1 atom stereocenters. The largest absolute Gasteiger partial charge is 0.489 e. The number of unbranched alkanes of at least 4 members (excludes halogenated alkanes) is 1. The maximum atomic E-state index is 6.35. The topological polar surface area (TPSA) is 30.3 Å². The molecule has 4 nitrogen and oxygen atoms in total. The van der Waals surface area contributed by atoms with Crippen molar-refractivity contribution in [3.8, 4) is 5.75 Å². The Bertz CT molecular complexity index is 707. The summed E-state index contributed by atoms with van der Waals surface area (Å²) in [5.41, 5.74) is 5.11. The van der Waals surface area contributed by atoms with Crippen molar-refractivity contribution in [1.29, 1.82) is 0 Å². The van der Waals surface area contributed by atoms with Crippen molar-refractivity contribution >= 4 is 0 Å². The molecule has 1 aliphatic heterocycles. The van der Waals surface area contributed by atoms with E-state index in [-0.39, 0.29) is 6.10 Å². The zero-order chi connectivity index (χ0) is 17.8. The highest BCUT2D eigenvalue weighted by Crippen LogP contribution is 2.28. The smallest absolute Gasteiger partial charge is 0.124 e. The van der Waals surface area contributed by atoms with Gasteiger partial charge in [0, 0.05) is 43.0 Å². The summed E-state index contributed by atoms with van der Waals surface area (Å²) in [7, 11) is 0. The molecule has 136 valence electrons. The fraction of sp³-hybridized carbons (Fsp3) is 0.571. The molecule has 3 rings (SSSR count). The molecule has 0 radical (unpaired) electrons. The predicted molar refractivity (Wildman–Crippen MR) is 102 cm³/mol. The van der Waals surface area contributed by atoms with Crippen LogP contribution in [0.1, 0.15) is 55.6 Å². The Hall–Kier alpha value is -1.81. The van der Waals surface area contributed by atoms with Crippen LogP contribution in [0.25, 0.3) is 0 Å². The van der Waals surface area contributed by atoms with Crippen molar-refractivity contribution in [2.24, 2.45) is 0 Å². The number of hydrogen-bond donors (Lipinski definition) is 0. The molecule has 25 heavy (non-hydrogen) atoms. The monoisotopic (exact) mass is 341 g/mol. The molecular weight excluding hydrogens is 310 g/mol. The number of aromatic nitrogens is 2. The first-order chi connectivity index (χ1) is 12.1. The Morgan fingerprint density at radius 2 is 2.00 bits per heavy atom. The molecule has 0 fully saturated rings. The fourth-order valence-electron chi connectivity index (χ4n) is 3.76. The molecule has 0 saturated carbocycles. The molecule has 0 bridgehead atoms. The number of fused-ring (bicyclic) bond motifs is 1. The van der Waals surface area contributed by atoms with E-state index >= 15 is 0 Å². The molecule has 0 saturated heterocycles. The molecule has 1 aromatic heterocycles. The average Bonchev–Trinajstić information content (AvgIpc) is 2.79. The first-order valence-corrected chi connectivity index (χ1v) is 9.62. The summed E-state index contributed by atoms with van der Waals surface area (Å²) in [6.07, 6.45) is 3.81. The van der Waals surface area contributed by atoms with Crippen molar-refractivity contribution in [3.05, 3.63) is 46.8 Å². The summed E-state index contributed by atoms with van der Waals surface area (Å²) >= 11 is 0. The van der Waals surface area contributed by atoms with Crippen LogP contribution in [0.15, 0.2) is 24.3 Å². The molecule has 0 N–H and O–H groups in total. The van der Waals surface area contributed by atoms with E-state index in [1.165, 1.54) is 29.7 Å². The van der Waals surface area contributed by atoms with Gasteiger partial charge in [0.05, 0.1) is 5.69 Å². The Balaban J connectivity index is 1.83. The van der Waals surface area contributed by atoms with Crippen LogP contribution in [0, 0.1) is 13.8 Å². The maximum Gasteiger partial charge on any atom is 0.124 e. The molecular formula is C21H31N3O. The standard InChI is InChI=1S/C21H31N3O/c1-5-7-11-19-14-23(13-18-10-8-9-12-21(18)25-19)15-20-16(3)22-24(6-2)17(20)4/h8-10,12,19H,5-7,11,13-15H2,1-4H3/t19-/m0/s1. The van der Waals surface area contributed by atoms with Crippen LogP contribution in [-0.2, 0) is 19.6 Å². The molecule has 4 heteroatoms. The van der Waals surface area contributed by atoms with E-state index in [1.54, 1.807) is 0 Å². The summed E-state index contributed by atoms with van der Waals surface area (Å²) in [5, 5.41) is 4.69. The molecule has 0 spiro atoms. The summed E-state index contributed by atoms with van der Waals surface area (Å²) in [4.78, 5) is 2.53. The summed E-state index contributed by atoms with van der Waals surface area (Å²) in [5.74, 6) is 1.06. The quantitative estimate of drug-likeness (QED) is 0.776. The lowest BCUT2D eigenvalue weighted by Crippen LogP contribution is -2.32. The Labute approximate surface area is 151 Å². The van der Waals surface area contributed by atoms with Gasteiger partial charge in [-0.3, -0.25) is 9.58 Å². The fourth-order valence-corrected chi connectivity index (χ4v) is 3.76. The van der Waals surface area contributed by atoms with Crippen molar-refractivity contribution in [2.75, 3.05) is 6.54 Å². The van der Waals surface area contributed by atoms with E-state index in [2.05, 4.69) is 66.6 Å². The van der Waals surface area contributed by atoms with Crippen LogP contribution in [0.5, 0.6) is 5.75 Å². The van der Waals surface area contributed by atoms with Gasteiger partial charge in [-0.2, -0.15) is 5.10 Å². The lowest BCUT2D eigenvalue weighted by atomic mass is 10.1. The van der Waals surface area contributed by atoms with Crippen molar-refractivity contribution in [3.63, 3.8) is 0 Å². The van der Waals surface area contributed by atoms with E-state index in [0.717, 1.165) is 44.0 Å². The van der Waals surface area contributed by atoms with Crippen LogP contribution >= 0.6 is 0 Å². The SMILES string of the molecule is CCCC[C@H]1CN(Cc2c(C)nn(CC)c2C)Cc2ccccc2O1. The van der Waals surface area contributed by atoms with Gasteiger partial charge in [0.25, 0.3) is 0 Å². The number of ether oxygens (including phenoxy) is 1. The number of hydrogen-bond acceptors (Lipinski definition) is 3. The predicted octanol–water partition coefficient (Wildman–Crippen LogP) is 4.47. The van der Waals surface area contributed by atoms with Crippen LogP contribution in [0.2, 0.25) is 0 Å². The third kappa shape index (κ3) is 4.06. The van der Waals surface area contributed by atoms with Gasteiger partial charge in [-0.15, -0.1) is 0 Å². The van der Waals surface area contributed by atoms with Crippen molar-refractivity contribution in [1.82, 2.24) is 14.7 Å². The zero-order valence-corrected chi connectivity index (χ0v) is 16.1. The van der Waals surface area contributed by atoms with Gasteiger partial charge in [0.2, 0.25) is 0 Å². The van der Waals surface area contributed by atoms with E-state index in [9.17, 15) is 0 Å². The maximum absolute atomic E-state index is 6.35. The lowest BCUT2D eigenvalue weighted by molar-refractivity contribution is 0.133. The van der Waals surface area contributed by atoms with E-state index in [0.29, 0.717) is 0 Å². The minimum atomic E-state index is 0.269. The third-order valence-electron chi connectivity index (χ3n) is 5.21. The van der Waals surface area contributed by atoms with Crippen molar-refractivity contribution in [2.45, 2.75) is 72.7 Å². The minimum absolute atomic E-state index is 0.269. The highest BCUT2D eigenvalue weighted by Gasteiger charge is 2.24. The van der Waals surface area contributed by atoms with Crippen LogP contribution < -0.4 is 4.74 Å². The van der Waals surface area contributed by atoms with Crippen LogP contribution in [0.3, 0.4) is 0 Å². The van der Waals surface area contributed by atoms with Gasteiger partial charge < -0.3 is 4.74 Å². The zero-order valence-electron chi connectivity index (χ0n) is 16.1. The van der Waals surface area contributed by atoms with E-state index in [1.807, 2.05) is 0 Å². The second-order valence-electron chi connectivity index (χ2n) is 7.12. The van der Waals surface area contributed by atoms with Gasteiger partial charge in [-0.25, -0.2) is 0 Å². The molecule has 2 heterocycles. The normalized spacial score (nSPS) is 17.8. The second-order valence-corrected chi connectivity index (χ2v) is 7.12. The first kappa shape index (κ1) is 18.0. The number of rotatable bonds is 6. The highest BCUT2D eigenvalue weighted by atomic mass is 16.5. The molecule has 1 aromatic carbocycles. The Morgan fingerprint density at radius 1 is 1.20 bits per heavy atom. The molecule has 0 unspecified atom stereocenters. The summed E-state index contributed by atoms with van der Waals surface area (Å²) in [6, 6.07) is 8.49. The number of para-hydroxylation sites is 1. The van der Waals surface area contributed by atoms with Crippen molar-refractivity contribution < 1.29 is 4.74 Å². The van der Waals surface area contributed by atoms with Gasteiger partial charge in [-0.1, -0.05) is 31.5 Å². The van der Waals surface area contributed by atoms with Gasteiger partial charge in [0.15, 0.2) is 0 Å². The van der Waals surface area contributed by atoms with Gasteiger partial charge >= 0.3 is 0 Å². The summed E-state index contributed by atoms with van der Waals surface area (Å²) < 4.78 is 8.46. The van der Waals surface area contributed by atoms with Gasteiger partial charge in [-0.05, 0) is 39.7 Å². The number of aryl methyl sites for hydroxylation is 2. The van der Waals surface area contributed by atoms with E-state index in [4.69, 9.17) is 4.74 Å². The van der Waals surface area contributed by atoms with Crippen LogP contribution in [0.4, 0.5) is 0 Å². The average molecular weight is 341 g/mol. The molecule has 1 aliphatic rings. The number of benzene rings is 1. The van der Waals surface area contributed by atoms with Crippen LogP contribution in [-0.4, -0.2) is 27.3 Å².